The van der Waals surface area contributed by atoms with E-state index in [-0.39, 0.29) is 11.5 Å². The third-order valence-electron chi connectivity index (χ3n) is 3.54. The molecule has 0 spiro atoms. The average Bonchev–Trinajstić information content (AvgIpc) is 2.79. The number of carbonyl (C=O) groups excluding carboxylic acids is 1. The van der Waals surface area contributed by atoms with Gasteiger partial charge >= 0.3 is 0 Å². The van der Waals surface area contributed by atoms with Crippen molar-refractivity contribution < 1.29 is 4.79 Å². The first-order valence-electron chi connectivity index (χ1n) is 7.11. The number of rotatable bonds is 6. The predicted molar refractivity (Wildman–Crippen MR) is 93.7 cm³/mol. The summed E-state index contributed by atoms with van der Waals surface area (Å²) < 4.78 is 0. The minimum atomic E-state index is -0.120. The number of aromatic amines is 1. The number of hydrogen-bond donors (Lipinski definition) is 1. The summed E-state index contributed by atoms with van der Waals surface area (Å²) in [6, 6.07) is 2.02. The van der Waals surface area contributed by atoms with Gasteiger partial charge in [0, 0.05) is 18.5 Å². The van der Waals surface area contributed by atoms with Crippen molar-refractivity contribution in [1.29, 1.82) is 5.26 Å². The van der Waals surface area contributed by atoms with Crippen LogP contribution in [0.15, 0.2) is 4.79 Å². The summed E-state index contributed by atoms with van der Waals surface area (Å²) in [4.78, 5) is 34.7. The molecule has 0 aliphatic rings. The summed E-state index contributed by atoms with van der Waals surface area (Å²) in [5.74, 6) is 1.32. The largest absolute Gasteiger partial charge is 0.344 e. The van der Waals surface area contributed by atoms with Crippen molar-refractivity contribution >= 4 is 39.2 Å². The van der Waals surface area contributed by atoms with Gasteiger partial charge in [0.05, 0.1) is 29.4 Å². The van der Waals surface area contributed by atoms with Gasteiger partial charge in [0.1, 0.15) is 10.7 Å². The van der Waals surface area contributed by atoms with Crippen molar-refractivity contribution in [2.24, 2.45) is 0 Å². The molecule has 1 amide bonds. The van der Waals surface area contributed by atoms with Crippen LogP contribution in [0.25, 0.3) is 10.2 Å². The summed E-state index contributed by atoms with van der Waals surface area (Å²) in [5.41, 5.74) is 0.858. The lowest BCUT2D eigenvalue weighted by molar-refractivity contribution is -0.127. The molecule has 0 fully saturated rings. The second-order valence-corrected chi connectivity index (χ2v) is 7.38. The first-order chi connectivity index (χ1) is 10.9. The Hall–Kier alpha value is -1.85. The van der Waals surface area contributed by atoms with Gasteiger partial charge in [0.25, 0.3) is 5.56 Å². The van der Waals surface area contributed by atoms with E-state index < -0.39 is 0 Å². The Kier molecular flexibility index (Phi) is 5.80. The molecular formula is C15H18N4O2S2. The van der Waals surface area contributed by atoms with E-state index in [1.54, 1.807) is 11.9 Å². The Morgan fingerprint density at radius 3 is 2.91 bits per heavy atom. The van der Waals surface area contributed by atoms with E-state index in [0.29, 0.717) is 35.7 Å². The molecule has 0 atom stereocenters. The van der Waals surface area contributed by atoms with Crippen molar-refractivity contribution in [3.63, 3.8) is 0 Å². The lowest BCUT2D eigenvalue weighted by Gasteiger charge is -2.14. The zero-order chi connectivity index (χ0) is 17.0. The van der Waals surface area contributed by atoms with E-state index in [2.05, 4.69) is 9.97 Å². The van der Waals surface area contributed by atoms with Crippen molar-refractivity contribution in [2.45, 2.75) is 26.0 Å². The fraction of sp³-hybridized carbons (Fsp3) is 0.467. The smallest absolute Gasteiger partial charge is 0.259 e. The van der Waals surface area contributed by atoms with Crippen LogP contribution >= 0.6 is 23.1 Å². The number of hydrogen-bond acceptors (Lipinski definition) is 6. The molecular weight excluding hydrogens is 332 g/mol. The van der Waals surface area contributed by atoms with Gasteiger partial charge in [-0.1, -0.05) is 0 Å². The maximum absolute atomic E-state index is 12.2. The molecule has 0 radical (unpaired) electrons. The number of carbonyl (C=O) groups is 1. The third kappa shape index (κ3) is 4.12. The highest BCUT2D eigenvalue weighted by Gasteiger charge is 2.13. The lowest BCUT2D eigenvalue weighted by Crippen LogP contribution is -2.29. The Labute approximate surface area is 142 Å². The number of aryl methyl sites for hydroxylation is 2. The molecule has 0 saturated carbocycles. The summed E-state index contributed by atoms with van der Waals surface area (Å²) in [6.07, 6.45) is 0.329. The van der Waals surface area contributed by atoms with Gasteiger partial charge in [-0.15, -0.1) is 23.1 Å². The predicted octanol–water partition coefficient (Wildman–Crippen LogP) is 2.21. The van der Waals surface area contributed by atoms with Crippen molar-refractivity contribution in [2.75, 3.05) is 19.3 Å². The summed E-state index contributed by atoms with van der Waals surface area (Å²) >= 11 is 2.92. The number of aromatic nitrogens is 2. The average molecular weight is 350 g/mol. The van der Waals surface area contributed by atoms with Crippen LogP contribution in [0.4, 0.5) is 0 Å². The first kappa shape index (κ1) is 17.5. The van der Waals surface area contributed by atoms with E-state index in [1.165, 1.54) is 23.1 Å². The quantitative estimate of drug-likeness (QED) is 0.862. The molecule has 23 heavy (non-hydrogen) atoms. The number of fused-ring (bicyclic) bond motifs is 1. The van der Waals surface area contributed by atoms with Crippen molar-refractivity contribution in [3.05, 3.63) is 26.6 Å². The normalized spacial score (nSPS) is 10.7. The Morgan fingerprint density at radius 2 is 2.22 bits per heavy atom. The van der Waals surface area contributed by atoms with Crippen LogP contribution in [0.1, 0.15) is 22.7 Å². The van der Waals surface area contributed by atoms with Gasteiger partial charge in [0.2, 0.25) is 5.91 Å². The zero-order valence-electron chi connectivity index (χ0n) is 13.3. The first-order valence-corrected chi connectivity index (χ1v) is 9.08. The molecule has 2 heterocycles. The molecule has 1 N–H and O–H groups in total. The van der Waals surface area contributed by atoms with E-state index in [9.17, 15) is 9.59 Å². The molecule has 0 saturated heterocycles. The van der Waals surface area contributed by atoms with E-state index in [0.717, 1.165) is 15.3 Å². The number of thioether (sulfide) groups is 1. The molecule has 8 heteroatoms. The Balaban J connectivity index is 1.99. The second-order valence-electron chi connectivity index (χ2n) is 5.19. The molecule has 122 valence electrons. The molecule has 0 aromatic carbocycles. The fourth-order valence-electron chi connectivity index (χ4n) is 2.06. The number of amides is 1. The van der Waals surface area contributed by atoms with Crippen LogP contribution in [-0.2, 0) is 10.5 Å². The van der Waals surface area contributed by atoms with Crippen molar-refractivity contribution in [1.82, 2.24) is 14.9 Å². The minimum absolute atomic E-state index is 0.0310. The van der Waals surface area contributed by atoms with E-state index in [4.69, 9.17) is 5.26 Å². The standard InChI is InChI=1S/C15H18N4O2S2/c1-9-10(2)23-15-13(9)14(21)17-11(18-15)7-22-8-12(20)19(3)6-4-5-16/h4,6-8H2,1-3H3,(H,17,18,21). The van der Waals surface area contributed by atoms with Gasteiger partial charge in [-0.2, -0.15) is 5.26 Å². The van der Waals surface area contributed by atoms with Gasteiger partial charge in [0.15, 0.2) is 0 Å². The molecule has 2 aromatic rings. The summed E-state index contributed by atoms with van der Waals surface area (Å²) in [5, 5.41) is 9.18. The van der Waals surface area contributed by atoms with Crippen LogP contribution in [0.5, 0.6) is 0 Å². The van der Waals surface area contributed by atoms with E-state index in [1.807, 2.05) is 19.9 Å². The third-order valence-corrected chi connectivity index (χ3v) is 5.57. The topological polar surface area (TPSA) is 89.8 Å². The maximum Gasteiger partial charge on any atom is 0.259 e. The summed E-state index contributed by atoms with van der Waals surface area (Å²) in [7, 11) is 1.68. The number of nitrogens with zero attached hydrogens (tertiary/aromatic N) is 3. The SMILES string of the molecule is Cc1sc2nc(CSCC(=O)N(C)CCC#N)[nH]c(=O)c2c1C. The number of thiophene rings is 1. The molecule has 0 aliphatic carbocycles. The second kappa shape index (κ2) is 7.62. The highest BCUT2D eigenvalue weighted by Crippen LogP contribution is 2.26. The minimum Gasteiger partial charge on any atom is -0.344 e. The Morgan fingerprint density at radius 1 is 1.48 bits per heavy atom. The number of nitrogens with one attached hydrogen (secondary N) is 1. The molecule has 2 rings (SSSR count). The zero-order valence-corrected chi connectivity index (χ0v) is 14.9. The number of H-pyrrole nitrogens is 1. The monoisotopic (exact) mass is 350 g/mol. The van der Waals surface area contributed by atoms with Gasteiger partial charge in [-0.05, 0) is 19.4 Å². The Bertz CT molecular complexity index is 819. The molecule has 2 aromatic heterocycles. The van der Waals surface area contributed by atoms with E-state index >= 15 is 0 Å². The lowest BCUT2D eigenvalue weighted by atomic mass is 10.2. The van der Waals surface area contributed by atoms with Gasteiger partial charge in [-0.3, -0.25) is 9.59 Å². The van der Waals surface area contributed by atoms with Crippen LogP contribution in [0, 0.1) is 25.2 Å². The van der Waals surface area contributed by atoms with Crippen LogP contribution < -0.4 is 5.56 Å². The van der Waals surface area contributed by atoms with Gasteiger partial charge in [-0.25, -0.2) is 4.98 Å². The maximum atomic E-state index is 12.2. The molecule has 0 unspecified atom stereocenters. The van der Waals surface area contributed by atoms with Crippen LogP contribution in [0.3, 0.4) is 0 Å². The highest BCUT2D eigenvalue weighted by molar-refractivity contribution is 7.99. The molecule has 0 bridgehead atoms. The van der Waals surface area contributed by atoms with Crippen molar-refractivity contribution in [3.8, 4) is 6.07 Å². The highest BCUT2D eigenvalue weighted by atomic mass is 32.2. The van der Waals surface area contributed by atoms with Crippen LogP contribution in [0.2, 0.25) is 0 Å². The fourth-order valence-corrected chi connectivity index (χ4v) is 3.93. The number of nitriles is 1. The molecule has 0 aliphatic heterocycles. The molecule has 6 nitrogen and oxygen atoms in total. The summed E-state index contributed by atoms with van der Waals surface area (Å²) in [6.45, 7) is 4.34. The van der Waals surface area contributed by atoms with Crippen LogP contribution in [-0.4, -0.2) is 40.1 Å². The van der Waals surface area contributed by atoms with Gasteiger partial charge < -0.3 is 9.88 Å².